The van der Waals surface area contributed by atoms with Gasteiger partial charge in [0.25, 0.3) is 0 Å². The van der Waals surface area contributed by atoms with Gasteiger partial charge in [-0.25, -0.2) is 22.5 Å². The van der Waals surface area contributed by atoms with Crippen LogP contribution in [0.1, 0.15) is 29.5 Å². The van der Waals surface area contributed by atoms with Crippen LogP contribution in [0.4, 0.5) is 0 Å². The Labute approximate surface area is 174 Å². The lowest BCUT2D eigenvalue weighted by Crippen LogP contribution is -2.22. The third-order valence-corrected chi connectivity index (χ3v) is 6.46. The van der Waals surface area contributed by atoms with Crippen LogP contribution in [0, 0.1) is 0 Å². The molecule has 29 heavy (non-hydrogen) atoms. The molecule has 0 saturated heterocycles. The van der Waals surface area contributed by atoms with Crippen molar-refractivity contribution in [2.75, 3.05) is 14.1 Å². The number of carbonyl (C=O) groups is 1. The average molecular weight is 436 g/mol. The minimum absolute atomic E-state index is 0.0320. The van der Waals surface area contributed by atoms with Crippen molar-refractivity contribution >= 4 is 38.6 Å². The highest BCUT2D eigenvalue weighted by molar-refractivity contribution is 7.89. The highest BCUT2D eigenvalue weighted by atomic mass is 35.5. The van der Waals surface area contributed by atoms with Crippen LogP contribution in [0.3, 0.4) is 0 Å². The van der Waals surface area contributed by atoms with Gasteiger partial charge in [0.1, 0.15) is 12.4 Å². The van der Waals surface area contributed by atoms with Crippen molar-refractivity contribution in [2.45, 2.75) is 31.4 Å². The van der Waals surface area contributed by atoms with Gasteiger partial charge in [0.05, 0.1) is 21.5 Å². The van der Waals surface area contributed by atoms with Crippen molar-refractivity contribution in [3.05, 3.63) is 58.9 Å². The molecular formula is C20H22ClN3O4S. The summed E-state index contributed by atoms with van der Waals surface area (Å²) in [7, 11) is -0.600. The number of halogens is 1. The monoisotopic (exact) mass is 435 g/mol. The van der Waals surface area contributed by atoms with Gasteiger partial charge in [-0.05, 0) is 42.8 Å². The fourth-order valence-corrected chi connectivity index (χ4v) is 4.06. The maximum absolute atomic E-state index is 12.4. The smallest absolute Gasteiger partial charge is 0.338 e. The molecule has 2 aromatic carbocycles. The normalized spacial score (nSPS) is 11.9. The molecule has 1 aromatic heterocycles. The van der Waals surface area contributed by atoms with E-state index in [1.54, 1.807) is 36.4 Å². The second kappa shape index (κ2) is 8.52. The fraction of sp³-hybridized carbons (Fsp3) is 0.300. The van der Waals surface area contributed by atoms with E-state index in [9.17, 15) is 13.2 Å². The zero-order valence-electron chi connectivity index (χ0n) is 16.4. The van der Waals surface area contributed by atoms with Crippen LogP contribution >= 0.6 is 11.6 Å². The van der Waals surface area contributed by atoms with E-state index >= 15 is 0 Å². The average Bonchev–Trinajstić information content (AvgIpc) is 3.03. The number of carbonyl (C=O) groups excluding carboxylic acids is 1. The number of aromatic nitrogens is 2. The third kappa shape index (κ3) is 4.44. The maximum atomic E-state index is 12.4. The Morgan fingerprint density at radius 2 is 1.97 bits per heavy atom. The molecule has 3 aromatic rings. The number of hydrogen-bond acceptors (Lipinski definition) is 5. The molecule has 7 nitrogen and oxygen atoms in total. The van der Waals surface area contributed by atoms with Crippen LogP contribution in [0.5, 0.6) is 0 Å². The summed E-state index contributed by atoms with van der Waals surface area (Å²) >= 11 is 5.92. The van der Waals surface area contributed by atoms with E-state index in [1.807, 2.05) is 11.5 Å². The van der Waals surface area contributed by atoms with Gasteiger partial charge in [-0.1, -0.05) is 24.6 Å². The number of ether oxygens (including phenoxy) is 1. The van der Waals surface area contributed by atoms with E-state index in [1.165, 1.54) is 20.2 Å². The molecule has 0 N–H and O–H groups in total. The van der Waals surface area contributed by atoms with E-state index in [0.29, 0.717) is 28.5 Å². The molecular weight excluding hydrogens is 414 g/mol. The minimum Gasteiger partial charge on any atom is -0.454 e. The van der Waals surface area contributed by atoms with Crippen LogP contribution in [0.25, 0.3) is 11.0 Å². The van der Waals surface area contributed by atoms with Crippen molar-refractivity contribution in [2.24, 2.45) is 0 Å². The van der Waals surface area contributed by atoms with Crippen molar-refractivity contribution in [1.29, 1.82) is 0 Å². The second-order valence-corrected chi connectivity index (χ2v) is 9.29. The highest BCUT2D eigenvalue weighted by Crippen LogP contribution is 2.23. The van der Waals surface area contributed by atoms with Crippen molar-refractivity contribution in [3.63, 3.8) is 0 Å². The number of benzene rings is 2. The molecule has 0 atom stereocenters. The van der Waals surface area contributed by atoms with Crippen molar-refractivity contribution in [3.8, 4) is 0 Å². The summed E-state index contributed by atoms with van der Waals surface area (Å²) in [5.74, 6) is 0.0510. The first-order valence-corrected chi connectivity index (χ1v) is 10.9. The predicted octanol–water partition coefficient (Wildman–Crippen LogP) is 3.71. The summed E-state index contributed by atoms with van der Waals surface area (Å²) in [4.78, 5) is 17.0. The topological polar surface area (TPSA) is 81.5 Å². The SMILES string of the molecule is CCCn1c(COC(=O)c2cccc(Cl)c2)nc2cc(S(=O)(=O)N(C)C)ccc21. The van der Waals surface area contributed by atoms with Crippen LogP contribution in [0.15, 0.2) is 47.4 Å². The maximum Gasteiger partial charge on any atom is 0.338 e. The Bertz CT molecular complexity index is 1160. The predicted molar refractivity (Wildman–Crippen MR) is 111 cm³/mol. The molecule has 0 aliphatic rings. The van der Waals surface area contributed by atoms with Crippen molar-refractivity contribution in [1.82, 2.24) is 13.9 Å². The van der Waals surface area contributed by atoms with Gasteiger partial charge in [-0.3, -0.25) is 0 Å². The molecule has 0 aliphatic heterocycles. The van der Waals surface area contributed by atoms with E-state index in [4.69, 9.17) is 16.3 Å². The quantitative estimate of drug-likeness (QED) is 0.528. The molecule has 9 heteroatoms. The first-order valence-electron chi connectivity index (χ1n) is 9.08. The summed E-state index contributed by atoms with van der Waals surface area (Å²) in [6.07, 6.45) is 0.846. The Morgan fingerprint density at radius 1 is 1.21 bits per heavy atom. The highest BCUT2D eigenvalue weighted by Gasteiger charge is 2.20. The molecule has 0 amide bonds. The number of esters is 1. The Hall–Kier alpha value is -2.42. The lowest BCUT2D eigenvalue weighted by molar-refractivity contribution is 0.0458. The molecule has 0 unspecified atom stereocenters. The summed E-state index contributed by atoms with van der Waals surface area (Å²) in [5.41, 5.74) is 1.68. The largest absolute Gasteiger partial charge is 0.454 e. The van der Waals surface area contributed by atoms with Gasteiger partial charge in [-0.2, -0.15) is 0 Å². The van der Waals surface area contributed by atoms with Gasteiger partial charge < -0.3 is 9.30 Å². The number of hydrogen-bond donors (Lipinski definition) is 0. The first-order chi connectivity index (χ1) is 13.7. The van der Waals surface area contributed by atoms with E-state index < -0.39 is 16.0 Å². The molecule has 0 spiro atoms. The number of fused-ring (bicyclic) bond motifs is 1. The molecule has 0 fully saturated rings. The zero-order valence-corrected chi connectivity index (χ0v) is 18.0. The van der Waals surface area contributed by atoms with Crippen LogP contribution in [-0.4, -0.2) is 42.3 Å². The fourth-order valence-electron chi connectivity index (χ4n) is 2.94. The number of imidazole rings is 1. The minimum atomic E-state index is -3.56. The zero-order chi connectivity index (χ0) is 21.2. The van der Waals surface area contributed by atoms with Crippen LogP contribution in [0.2, 0.25) is 5.02 Å². The van der Waals surface area contributed by atoms with Gasteiger partial charge >= 0.3 is 5.97 Å². The molecule has 1 heterocycles. The lowest BCUT2D eigenvalue weighted by atomic mass is 10.2. The summed E-state index contributed by atoms with van der Waals surface area (Å²) in [5, 5.41) is 0.451. The summed E-state index contributed by atoms with van der Waals surface area (Å²) in [6.45, 7) is 2.66. The third-order valence-electron chi connectivity index (χ3n) is 4.42. The molecule has 3 rings (SSSR count). The van der Waals surface area contributed by atoms with Crippen molar-refractivity contribution < 1.29 is 17.9 Å². The molecule has 0 aliphatic carbocycles. The summed E-state index contributed by atoms with van der Waals surface area (Å²) in [6, 6.07) is 11.4. The Balaban J connectivity index is 1.92. The molecule has 154 valence electrons. The lowest BCUT2D eigenvalue weighted by Gasteiger charge is -2.11. The first kappa shape index (κ1) is 21.3. The standard InChI is InChI=1S/C20H22ClN3O4S/c1-4-10-24-18-9-8-16(29(26,27)23(2)3)12-17(18)22-19(24)13-28-20(25)14-6-5-7-15(21)11-14/h5-9,11-12H,4,10,13H2,1-3H3. The number of sulfonamides is 1. The van der Waals surface area contributed by atoms with Gasteiger partial charge in [-0.15, -0.1) is 0 Å². The van der Waals surface area contributed by atoms with E-state index in [2.05, 4.69) is 4.98 Å². The molecule has 0 bridgehead atoms. The van der Waals surface area contributed by atoms with Gasteiger partial charge in [0.15, 0.2) is 0 Å². The molecule has 0 saturated carbocycles. The Morgan fingerprint density at radius 3 is 2.62 bits per heavy atom. The van der Waals surface area contributed by atoms with E-state index in [-0.39, 0.29) is 11.5 Å². The number of nitrogens with zero attached hydrogens (tertiary/aromatic N) is 3. The number of aryl methyl sites for hydroxylation is 1. The van der Waals surface area contributed by atoms with E-state index in [0.717, 1.165) is 16.2 Å². The number of rotatable bonds is 7. The van der Waals surface area contributed by atoms with Crippen LogP contribution in [-0.2, 0) is 27.9 Å². The van der Waals surface area contributed by atoms with Crippen LogP contribution < -0.4 is 0 Å². The van der Waals surface area contributed by atoms with Gasteiger partial charge in [0.2, 0.25) is 10.0 Å². The Kier molecular flexibility index (Phi) is 6.26. The second-order valence-electron chi connectivity index (χ2n) is 6.70. The summed E-state index contributed by atoms with van der Waals surface area (Å²) < 4.78 is 33.3. The molecule has 0 radical (unpaired) electrons. The van der Waals surface area contributed by atoms with Gasteiger partial charge in [0, 0.05) is 25.7 Å².